The van der Waals surface area contributed by atoms with E-state index in [9.17, 15) is 14.4 Å². The van der Waals surface area contributed by atoms with Gasteiger partial charge in [-0.05, 0) is 83.5 Å². The molecule has 0 saturated carbocycles. The van der Waals surface area contributed by atoms with Crippen LogP contribution >= 0.6 is 0 Å². The molecule has 0 aromatic heterocycles. The molecule has 0 aliphatic heterocycles. The lowest BCUT2D eigenvalue weighted by atomic mass is 10.1. The van der Waals surface area contributed by atoms with Crippen molar-refractivity contribution in [2.75, 3.05) is 13.2 Å². The maximum absolute atomic E-state index is 12.7. The van der Waals surface area contributed by atoms with Gasteiger partial charge in [-0.25, -0.2) is 0 Å². The van der Waals surface area contributed by atoms with Crippen LogP contribution in [0.15, 0.2) is 109 Å². The van der Waals surface area contributed by atoms with E-state index in [1.807, 2.05) is 0 Å². The number of carbonyl (C=O) groups is 3. The van der Waals surface area contributed by atoms with Gasteiger partial charge in [0.2, 0.25) is 0 Å². The van der Waals surface area contributed by atoms with Crippen LogP contribution in [0.4, 0.5) is 0 Å². The fraction of sp³-hybridized carbons (Fsp3) is 0.638. The highest BCUT2D eigenvalue weighted by molar-refractivity contribution is 5.71. The number of hydrogen-bond acceptors (Lipinski definition) is 6. The highest BCUT2D eigenvalue weighted by Gasteiger charge is 2.19. The van der Waals surface area contributed by atoms with Crippen molar-refractivity contribution in [3.63, 3.8) is 0 Å². The summed E-state index contributed by atoms with van der Waals surface area (Å²) in [6, 6.07) is 0. The first-order chi connectivity index (χ1) is 31.5. The Bertz CT molecular complexity index is 1340. The minimum Gasteiger partial charge on any atom is -0.462 e. The van der Waals surface area contributed by atoms with Crippen molar-refractivity contribution in [2.24, 2.45) is 0 Å². The molecule has 0 radical (unpaired) electrons. The lowest BCUT2D eigenvalue weighted by Gasteiger charge is -2.18. The summed E-state index contributed by atoms with van der Waals surface area (Å²) < 4.78 is 16.6. The monoisotopic (exact) mass is 887 g/mol. The van der Waals surface area contributed by atoms with Crippen LogP contribution in [0, 0.1) is 0 Å². The Balaban J connectivity index is 4.27. The summed E-state index contributed by atoms with van der Waals surface area (Å²) in [4.78, 5) is 37.7. The predicted molar refractivity (Wildman–Crippen MR) is 274 cm³/mol. The Morgan fingerprint density at radius 3 is 0.953 bits per heavy atom. The standard InChI is InChI=1S/C58H94O6/c1-4-7-10-13-16-19-20-21-22-23-24-25-26-27-28-29-30-31-32-33-34-35-36-37-38-40-42-45-48-51-57(60)63-54-55(53-62-56(59)50-47-44-41-18-15-12-9-6-3)64-58(61)52-49-46-43-39-17-14-11-8-5-2/h7,10,16,19,21-22,24-25,27-28,30-31,33-34,36-37,40,42,55H,4-6,8-9,11-15,17-18,20,23,26,29,32,35,38-39,41,43-54H2,1-3H3/b10-7-,19-16-,22-21-,25-24-,28-27-,31-30-,34-33-,37-36-,42-40-. The van der Waals surface area contributed by atoms with Gasteiger partial charge in [-0.1, -0.05) is 226 Å². The van der Waals surface area contributed by atoms with Crippen LogP contribution in [0.3, 0.4) is 0 Å². The highest BCUT2D eigenvalue weighted by atomic mass is 16.6. The van der Waals surface area contributed by atoms with Crippen LogP contribution in [0.5, 0.6) is 0 Å². The van der Waals surface area contributed by atoms with Gasteiger partial charge in [0.1, 0.15) is 13.2 Å². The van der Waals surface area contributed by atoms with Gasteiger partial charge in [0.15, 0.2) is 6.10 Å². The Kier molecular flexibility index (Phi) is 48.5. The summed E-state index contributed by atoms with van der Waals surface area (Å²) in [5, 5.41) is 0. The molecule has 0 spiro atoms. The fourth-order valence-corrected chi connectivity index (χ4v) is 6.68. The molecule has 0 saturated heterocycles. The van der Waals surface area contributed by atoms with E-state index in [2.05, 4.69) is 130 Å². The molecule has 0 N–H and O–H groups in total. The molecule has 362 valence electrons. The Morgan fingerprint density at radius 1 is 0.328 bits per heavy atom. The zero-order chi connectivity index (χ0) is 46.5. The molecule has 0 rings (SSSR count). The summed E-state index contributed by atoms with van der Waals surface area (Å²) in [7, 11) is 0. The molecule has 0 fully saturated rings. The minimum atomic E-state index is -0.796. The van der Waals surface area contributed by atoms with Gasteiger partial charge in [0.05, 0.1) is 0 Å². The van der Waals surface area contributed by atoms with Gasteiger partial charge >= 0.3 is 17.9 Å². The average Bonchev–Trinajstić information content (AvgIpc) is 3.29. The van der Waals surface area contributed by atoms with Crippen LogP contribution in [0.2, 0.25) is 0 Å². The molecule has 1 unspecified atom stereocenters. The first-order valence-corrected chi connectivity index (χ1v) is 25.9. The largest absolute Gasteiger partial charge is 0.462 e. The van der Waals surface area contributed by atoms with Crippen LogP contribution in [-0.2, 0) is 28.6 Å². The molecule has 64 heavy (non-hydrogen) atoms. The molecule has 0 aromatic carbocycles. The highest BCUT2D eigenvalue weighted by Crippen LogP contribution is 2.13. The maximum Gasteiger partial charge on any atom is 0.306 e. The molecule has 0 bridgehead atoms. The lowest BCUT2D eigenvalue weighted by molar-refractivity contribution is -0.167. The average molecular weight is 887 g/mol. The van der Waals surface area contributed by atoms with Crippen molar-refractivity contribution in [1.82, 2.24) is 0 Å². The first kappa shape index (κ1) is 60.1. The molecular weight excluding hydrogens is 793 g/mol. The molecule has 0 amide bonds. The zero-order valence-electron chi connectivity index (χ0n) is 41.3. The maximum atomic E-state index is 12.7. The number of ether oxygens (including phenoxy) is 3. The Hall–Kier alpha value is -3.93. The SMILES string of the molecule is CC/C=C\C/C=C\C/C=C\C/C=C\C/C=C\C/C=C\C/C=C\C/C=C\C/C=C\CCCC(=O)OCC(COC(=O)CCCCCCCCCC)OC(=O)CCCCCCCCCCC. The van der Waals surface area contributed by atoms with Crippen molar-refractivity contribution >= 4 is 17.9 Å². The van der Waals surface area contributed by atoms with Crippen molar-refractivity contribution in [3.8, 4) is 0 Å². The van der Waals surface area contributed by atoms with Gasteiger partial charge in [-0.3, -0.25) is 14.4 Å². The van der Waals surface area contributed by atoms with Crippen molar-refractivity contribution < 1.29 is 28.6 Å². The molecular formula is C58H94O6. The third-order valence-electron chi connectivity index (χ3n) is 10.5. The van der Waals surface area contributed by atoms with Gasteiger partial charge in [-0.2, -0.15) is 0 Å². The summed E-state index contributed by atoms with van der Waals surface area (Å²) >= 11 is 0. The molecule has 1 atom stereocenters. The lowest BCUT2D eigenvalue weighted by Crippen LogP contribution is -2.30. The van der Waals surface area contributed by atoms with E-state index in [1.54, 1.807) is 0 Å². The van der Waals surface area contributed by atoms with Crippen LogP contribution in [-0.4, -0.2) is 37.2 Å². The van der Waals surface area contributed by atoms with Crippen molar-refractivity contribution in [2.45, 2.75) is 226 Å². The number of rotatable bonds is 45. The molecule has 6 heteroatoms. The van der Waals surface area contributed by atoms with Crippen LogP contribution < -0.4 is 0 Å². The van der Waals surface area contributed by atoms with E-state index in [-0.39, 0.29) is 37.5 Å². The number of allylic oxidation sites excluding steroid dienone is 18. The number of unbranched alkanes of at least 4 members (excludes halogenated alkanes) is 16. The van der Waals surface area contributed by atoms with Crippen LogP contribution in [0.25, 0.3) is 0 Å². The van der Waals surface area contributed by atoms with Gasteiger partial charge in [-0.15, -0.1) is 0 Å². The predicted octanol–water partition coefficient (Wildman–Crippen LogP) is 17.1. The summed E-state index contributed by atoms with van der Waals surface area (Å²) in [6.07, 6.45) is 69.6. The van der Waals surface area contributed by atoms with E-state index in [4.69, 9.17) is 14.2 Å². The second-order valence-electron chi connectivity index (χ2n) is 16.7. The number of esters is 3. The number of hydrogen-bond donors (Lipinski definition) is 0. The van der Waals surface area contributed by atoms with E-state index in [0.717, 1.165) is 103 Å². The third kappa shape index (κ3) is 49.1. The summed E-state index contributed by atoms with van der Waals surface area (Å²) in [5.41, 5.74) is 0. The zero-order valence-corrected chi connectivity index (χ0v) is 41.3. The van der Waals surface area contributed by atoms with Gasteiger partial charge in [0, 0.05) is 19.3 Å². The van der Waals surface area contributed by atoms with E-state index >= 15 is 0 Å². The minimum absolute atomic E-state index is 0.0951. The van der Waals surface area contributed by atoms with Crippen molar-refractivity contribution in [1.29, 1.82) is 0 Å². The molecule has 0 aliphatic rings. The summed E-state index contributed by atoms with van der Waals surface area (Å²) in [6.45, 7) is 6.40. The Labute approximate surface area is 393 Å². The van der Waals surface area contributed by atoms with Crippen molar-refractivity contribution in [3.05, 3.63) is 109 Å². The van der Waals surface area contributed by atoms with E-state index < -0.39 is 6.10 Å². The first-order valence-electron chi connectivity index (χ1n) is 25.9. The quantitative estimate of drug-likeness (QED) is 0.0262. The fourth-order valence-electron chi connectivity index (χ4n) is 6.68. The molecule has 6 nitrogen and oxygen atoms in total. The number of carbonyl (C=O) groups excluding carboxylic acids is 3. The van der Waals surface area contributed by atoms with E-state index in [0.29, 0.717) is 19.3 Å². The molecule has 0 aliphatic carbocycles. The Morgan fingerprint density at radius 2 is 0.609 bits per heavy atom. The summed E-state index contributed by atoms with van der Waals surface area (Å²) in [5.74, 6) is -0.971. The van der Waals surface area contributed by atoms with Crippen LogP contribution in [0.1, 0.15) is 220 Å². The molecule has 0 heterocycles. The molecule has 0 aromatic rings. The smallest absolute Gasteiger partial charge is 0.306 e. The van der Waals surface area contributed by atoms with E-state index in [1.165, 1.54) is 70.6 Å². The van der Waals surface area contributed by atoms with Gasteiger partial charge < -0.3 is 14.2 Å². The van der Waals surface area contributed by atoms with Gasteiger partial charge in [0.25, 0.3) is 0 Å². The normalized spacial score (nSPS) is 13.0. The second kappa shape index (κ2) is 51.7. The second-order valence-corrected chi connectivity index (χ2v) is 16.7. The topological polar surface area (TPSA) is 78.9 Å². The third-order valence-corrected chi connectivity index (χ3v) is 10.5.